The van der Waals surface area contributed by atoms with E-state index in [4.69, 9.17) is 9.84 Å². The van der Waals surface area contributed by atoms with Crippen LogP contribution in [0.2, 0.25) is 0 Å². The average Bonchev–Trinajstić information content (AvgIpc) is 2.54. The third-order valence-electron chi connectivity index (χ3n) is 3.60. The van der Waals surface area contributed by atoms with Gasteiger partial charge in [-0.2, -0.15) is 0 Å². The van der Waals surface area contributed by atoms with E-state index in [0.717, 1.165) is 24.0 Å². The quantitative estimate of drug-likeness (QED) is 0.585. The number of carbonyl (C=O) groups is 2. The first-order chi connectivity index (χ1) is 11.4. The molecule has 0 aliphatic carbocycles. The second kappa shape index (κ2) is 9.88. The Labute approximate surface area is 143 Å². The molecule has 0 aromatic heterocycles. The molecule has 1 rings (SSSR count). The van der Waals surface area contributed by atoms with Crippen molar-refractivity contribution in [2.75, 3.05) is 19.8 Å². The van der Waals surface area contributed by atoms with Gasteiger partial charge in [-0.1, -0.05) is 43.2 Å². The molecule has 5 nitrogen and oxygen atoms in total. The van der Waals surface area contributed by atoms with Crippen LogP contribution in [0.25, 0.3) is 5.70 Å². The van der Waals surface area contributed by atoms with Gasteiger partial charge in [-0.15, -0.1) is 0 Å². The topological polar surface area (TPSA) is 66.8 Å². The van der Waals surface area contributed by atoms with Crippen molar-refractivity contribution in [1.29, 1.82) is 0 Å². The zero-order valence-corrected chi connectivity index (χ0v) is 15.0. The molecular formula is C19H27NO4. The summed E-state index contributed by atoms with van der Waals surface area (Å²) in [4.78, 5) is 24.7. The van der Waals surface area contributed by atoms with Crippen LogP contribution in [-0.4, -0.2) is 41.6 Å². The number of allylic oxidation sites excluding steroid dienone is 1. The van der Waals surface area contributed by atoms with Gasteiger partial charge < -0.3 is 9.84 Å². The van der Waals surface area contributed by atoms with Crippen LogP contribution in [0.5, 0.6) is 0 Å². The fourth-order valence-corrected chi connectivity index (χ4v) is 2.56. The maximum atomic E-state index is 12.2. The Morgan fingerprint density at radius 2 is 1.75 bits per heavy atom. The van der Waals surface area contributed by atoms with Gasteiger partial charge in [0, 0.05) is 13.2 Å². The molecule has 0 bridgehead atoms. The number of hydrogen-bond acceptors (Lipinski definition) is 3. The molecule has 1 aromatic rings. The highest BCUT2D eigenvalue weighted by Crippen LogP contribution is 2.24. The van der Waals surface area contributed by atoms with Crippen LogP contribution >= 0.6 is 0 Å². The van der Waals surface area contributed by atoms with Gasteiger partial charge in [-0.25, -0.2) is 4.79 Å². The number of amides is 1. The summed E-state index contributed by atoms with van der Waals surface area (Å²) >= 11 is 0. The van der Waals surface area contributed by atoms with Crippen LogP contribution in [0.15, 0.2) is 29.8 Å². The van der Waals surface area contributed by atoms with E-state index in [-0.39, 0.29) is 6.54 Å². The van der Waals surface area contributed by atoms with Gasteiger partial charge in [0.1, 0.15) is 0 Å². The van der Waals surface area contributed by atoms with Crippen molar-refractivity contribution in [3.8, 4) is 0 Å². The molecule has 0 aliphatic heterocycles. The minimum atomic E-state index is -1.46. The zero-order chi connectivity index (χ0) is 18.1. The van der Waals surface area contributed by atoms with Crippen LogP contribution in [0.1, 0.15) is 45.2 Å². The van der Waals surface area contributed by atoms with E-state index in [0.29, 0.717) is 18.9 Å². The summed E-state index contributed by atoms with van der Waals surface area (Å²) in [7, 11) is 0. The van der Waals surface area contributed by atoms with Gasteiger partial charge in [-0.05, 0) is 38.3 Å². The Morgan fingerprint density at radius 3 is 2.21 bits per heavy atom. The molecule has 1 aromatic carbocycles. The number of aryl methyl sites for hydroxylation is 1. The first-order valence-electron chi connectivity index (χ1n) is 8.31. The molecule has 0 unspecified atom stereocenters. The molecule has 24 heavy (non-hydrogen) atoms. The van der Waals surface area contributed by atoms with Crippen molar-refractivity contribution in [1.82, 2.24) is 4.90 Å². The molecule has 1 amide bonds. The van der Waals surface area contributed by atoms with Crippen molar-refractivity contribution in [2.45, 2.75) is 40.5 Å². The Kier molecular flexibility index (Phi) is 8.19. The molecule has 0 radical (unpaired) electrons. The largest absolute Gasteiger partial charge is 0.474 e. The highest BCUT2D eigenvalue weighted by atomic mass is 16.5. The molecule has 0 aliphatic rings. The standard InChI is InChI=1S/C19H27NO4/c1-5-7-15-8-10-16(11-9-15)17(14(3)4)20(12-13-24-6-2)18(21)19(22)23/h8-11H,5-7,12-13H2,1-4H3,(H,22,23). The molecule has 0 spiro atoms. The second-order valence-corrected chi connectivity index (χ2v) is 5.75. The van der Waals surface area contributed by atoms with Crippen LogP contribution in [0.4, 0.5) is 0 Å². The maximum absolute atomic E-state index is 12.2. The summed E-state index contributed by atoms with van der Waals surface area (Å²) in [6.45, 7) is 8.74. The lowest BCUT2D eigenvalue weighted by atomic mass is 10.0. The van der Waals surface area contributed by atoms with Crippen LogP contribution in [-0.2, 0) is 20.7 Å². The number of aliphatic carboxylic acids is 1. The fraction of sp³-hybridized carbons (Fsp3) is 0.474. The highest BCUT2D eigenvalue weighted by Gasteiger charge is 2.25. The summed E-state index contributed by atoms with van der Waals surface area (Å²) in [5.74, 6) is -2.41. The summed E-state index contributed by atoms with van der Waals surface area (Å²) in [5, 5.41) is 9.15. The van der Waals surface area contributed by atoms with Gasteiger partial charge >= 0.3 is 11.9 Å². The van der Waals surface area contributed by atoms with Crippen LogP contribution in [0, 0.1) is 0 Å². The number of benzene rings is 1. The van der Waals surface area contributed by atoms with Crippen molar-refractivity contribution in [3.63, 3.8) is 0 Å². The minimum Gasteiger partial charge on any atom is -0.474 e. The highest BCUT2D eigenvalue weighted by molar-refractivity contribution is 6.33. The summed E-state index contributed by atoms with van der Waals surface area (Å²) in [6, 6.07) is 7.92. The SMILES string of the molecule is CCCc1ccc(C(=C(C)C)N(CCOCC)C(=O)C(=O)O)cc1. The monoisotopic (exact) mass is 333 g/mol. The second-order valence-electron chi connectivity index (χ2n) is 5.75. The predicted octanol–water partition coefficient (Wildman–Crippen LogP) is 3.34. The third kappa shape index (κ3) is 5.49. The molecule has 0 fully saturated rings. The molecule has 5 heteroatoms. The van der Waals surface area contributed by atoms with Crippen molar-refractivity contribution in [3.05, 3.63) is 41.0 Å². The van der Waals surface area contributed by atoms with Crippen LogP contribution < -0.4 is 0 Å². The Hall–Kier alpha value is -2.14. The molecule has 0 heterocycles. The summed E-state index contributed by atoms with van der Waals surface area (Å²) in [6.07, 6.45) is 2.05. The minimum absolute atomic E-state index is 0.205. The lowest BCUT2D eigenvalue weighted by Gasteiger charge is -2.26. The van der Waals surface area contributed by atoms with Crippen molar-refractivity contribution >= 4 is 17.6 Å². The van der Waals surface area contributed by atoms with E-state index in [9.17, 15) is 9.59 Å². The molecule has 0 saturated heterocycles. The maximum Gasteiger partial charge on any atom is 0.394 e. The van der Waals surface area contributed by atoms with E-state index in [2.05, 4.69) is 6.92 Å². The Morgan fingerprint density at radius 1 is 1.12 bits per heavy atom. The molecular weight excluding hydrogens is 306 g/mol. The number of carboxylic acid groups (broad SMARTS) is 1. The number of rotatable bonds is 8. The van der Waals surface area contributed by atoms with Gasteiger partial charge in [0.15, 0.2) is 0 Å². The Balaban J connectivity index is 3.18. The smallest absolute Gasteiger partial charge is 0.394 e. The summed E-state index contributed by atoms with van der Waals surface area (Å²) < 4.78 is 5.30. The number of carbonyl (C=O) groups excluding carboxylic acids is 1. The van der Waals surface area contributed by atoms with Gasteiger partial charge in [0.25, 0.3) is 0 Å². The fourth-order valence-electron chi connectivity index (χ4n) is 2.56. The average molecular weight is 333 g/mol. The zero-order valence-electron chi connectivity index (χ0n) is 15.0. The molecule has 0 atom stereocenters. The van der Waals surface area contributed by atoms with Crippen molar-refractivity contribution in [2.24, 2.45) is 0 Å². The molecule has 0 saturated carbocycles. The first-order valence-corrected chi connectivity index (χ1v) is 8.31. The number of hydrogen-bond donors (Lipinski definition) is 1. The van der Waals surface area contributed by atoms with E-state index < -0.39 is 11.9 Å². The number of ether oxygens (including phenoxy) is 1. The van der Waals surface area contributed by atoms with E-state index in [1.165, 1.54) is 10.5 Å². The lowest BCUT2D eigenvalue weighted by molar-refractivity contribution is -0.154. The lowest BCUT2D eigenvalue weighted by Crippen LogP contribution is -2.38. The van der Waals surface area contributed by atoms with Crippen molar-refractivity contribution < 1.29 is 19.4 Å². The Bertz CT molecular complexity index is 586. The van der Waals surface area contributed by atoms with E-state index in [1.807, 2.05) is 45.0 Å². The third-order valence-corrected chi connectivity index (χ3v) is 3.60. The summed E-state index contributed by atoms with van der Waals surface area (Å²) in [5.41, 5.74) is 3.57. The number of nitrogens with zero attached hydrogens (tertiary/aromatic N) is 1. The van der Waals surface area contributed by atoms with Gasteiger partial charge in [0.2, 0.25) is 0 Å². The van der Waals surface area contributed by atoms with Gasteiger partial charge in [0.05, 0.1) is 12.3 Å². The predicted molar refractivity (Wildman–Crippen MR) is 94.5 cm³/mol. The molecule has 132 valence electrons. The van der Waals surface area contributed by atoms with E-state index in [1.54, 1.807) is 0 Å². The first kappa shape index (κ1) is 19.9. The van der Waals surface area contributed by atoms with Gasteiger partial charge in [-0.3, -0.25) is 9.69 Å². The molecule has 1 N–H and O–H groups in total. The van der Waals surface area contributed by atoms with E-state index >= 15 is 0 Å². The number of carboxylic acids is 1. The van der Waals surface area contributed by atoms with Crippen LogP contribution in [0.3, 0.4) is 0 Å². The normalized spacial score (nSPS) is 10.3.